The number of para-hydroxylation sites is 1. The van der Waals surface area contributed by atoms with Gasteiger partial charge in [-0.1, -0.05) is 65.2 Å². The average molecular weight is 847 g/mol. The molecule has 0 N–H and O–H groups in total. The van der Waals surface area contributed by atoms with Crippen molar-refractivity contribution in [3.63, 3.8) is 0 Å². The van der Waals surface area contributed by atoms with Gasteiger partial charge < -0.3 is 19.1 Å². The summed E-state index contributed by atoms with van der Waals surface area (Å²) in [5.41, 5.74) is 15.1. The number of pyridine rings is 1. The van der Waals surface area contributed by atoms with E-state index in [0.717, 1.165) is 38.9 Å². The normalized spacial score (nSPS) is 12.6. The summed E-state index contributed by atoms with van der Waals surface area (Å²) in [6.45, 7) is 15.1. The fourth-order valence-electron chi connectivity index (χ4n) is 7.77. The van der Waals surface area contributed by atoms with Gasteiger partial charge in [-0.25, -0.2) is 4.98 Å². The second kappa shape index (κ2) is 13.5. The predicted molar refractivity (Wildman–Crippen MR) is 206 cm³/mol. The third-order valence-electron chi connectivity index (χ3n) is 9.56. The summed E-state index contributed by atoms with van der Waals surface area (Å²) < 4.78 is 8.94. The molecule has 258 valence electrons. The number of fused-ring (bicyclic) bond motifs is 3. The largest absolute Gasteiger partial charge is 0.510 e. The SMILES string of the molecule is Cc1cc(C)c(-c2cc(Oc3[c-]c4c(cc3)c3cccc(-c5c(C)cc(C)cc5C)c3n4-c3ccccn3)[c-]c(N3C=CN(C)[CH-]3)c2)c(C)c1.[Pt]. The zero-order valence-corrected chi connectivity index (χ0v) is 32.2. The average Bonchev–Trinajstić information content (AvgIpc) is 3.65. The molecule has 2 aromatic heterocycles. The fourth-order valence-corrected chi connectivity index (χ4v) is 7.77. The van der Waals surface area contributed by atoms with E-state index in [1.165, 1.54) is 50.1 Å². The van der Waals surface area contributed by atoms with Crippen LogP contribution in [-0.4, -0.2) is 21.5 Å². The Morgan fingerprint density at radius 2 is 1.37 bits per heavy atom. The molecule has 1 aliphatic rings. The molecule has 5 aromatic carbocycles. The van der Waals surface area contributed by atoms with Crippen molar-refractivity contribution in [1.82, 2.24) is 14.5 Å². The van der Waals surface area contributed by atoms with Crippen molar-refractivity contribution in [1.29, 1.82) is 0 Å². The molecule has 0 amide bonds. The zero-order chi connectivity index (χ0) is 34.7. The van der Waals surface area contributed by atoms with Crippen LogP contribution in [0, 0.1) is 60.3 Å². The Morgan fingerprint density at radius 1 is 0.667 bits per heavy atom. The number of hydrogen-bond donors (Lipinski definition) is 0. The third kappa shape index (κ3) is 6.25. The molecule has 51 heavy (non-hydrogen) atoms. The van der Waals surface area contributed by atoms with Crippen molar-refractivity contribution in [3.05, 3.63) is 156 Å². The first-order valence-electron chi connectivity index (χ1n) is 17.0. The first-order valence-corrected chi connectivity index (χ1v) is 17.0. The summed E-state index contributed by atoms with van der Waals surface area (Å²) in [6, 6.07) is 37.2. The molecule has 8 rings (SSSR count). The summed E-state index contributed by atoms with van der Waals surface area (Å²) in [6.07, 6.45) is 5.90. The van der Waals surface area contributed by atoms with E-state index in [0.29, 0.717) is 11.5 Å². The molecule has 3 heterocycles. The van der Waals surface area contributed by atoms with Crippen molar-refractivity contribution in [2.24, 2.45) is 0 Å². The van der Waals surface area contributed by atoms with Gasteiger partial charge in [0.05, 0.1) is 0 Å². The number of benzene rings is 5. The molecule has 0 unspecified atom stereocenters. The summed E-state index contributed by atoms with van der Waals surface area (Å²) >= 11 is 0. The maximum atomic E-state index is 6.71. The van der Waals surface area contributed by atoms with Gasteiger partial charge in [-0.3, -0.25) is 0 Å². The first-order chi connectivity index (χ1) is 24.1. The van der Waals surface area contributed by atoms with Crippen LogP contribution < -0.4 is 9.64 Å². The van der Waals surface area contributed by atoms with Crippen molar-refractivity contribution in [2.45, 2.75) is 41.5 Å². The van der Waals surface area contributed by atoms with Crippen molar-refractivity contribution >= 4 is 27.5 Å². The summed E-state index contributed by atoms with van der Waals surface area (Å²) in [4.78, 5) is 8.93. The molecular weight excluding hydrogens is 808 g/mol. The van der Waals surface area contributed by atoms with E-state index in [9.17, 15) is 0 Å². The van der Waals surface area contributed by atoms with Gasteiger partial charge in [0.1, 0.15) is 5.82 Å². The van der Waals surface area contributed by atoms with Gasteiger partial charge in [0.2, 0.25) is 0 Å². The molecule has 0 radical (unpaired) electrons. The van der Waals surface area contributed by atoms with Crippen LogP contribution in [-0.2, 0) is 21.1 Å². The maximum Gasteiger partial charge on any atom is 0.135 e. The van der Waals surface area contributed by atoms with Gasteiger partial charge in [-0.05, 0) is 112 Å². The second-order valence-corrected chi connectivity index (χ2v) is 13.6. The Bertz CT molecular complexity index is 2430. The van der Waals surface area contributed by atoms with Crippen molar-refractivity contribution in [3.8, 4) is 39.6 Å². The smallest absolute Gasteiger partial charge is 0.135 e. The Kier molecular flexibility index (Phi) is 9.12. The standard InChI is InChI=1S/C45H39N4O.Pt/c1-28-19-30(3)43(31(4)20-28)34-23-35(48-18-17-47(7)27-48)25-37(24-34)50-36-14-15-38-39-11-10-12-40(44-32(5)21-29(2)22-33(44)6)45(39)49(41(38)26-36)42-13-8-9-16-46-42;/h8-24,27H,1-7H3;/q-3;. The van der Waals surface area contributed by atoms with Crippen LogP contribution in [0.15, 0.2) is 104 Å². The zero-order valence-electron chi connectivity index (χ0n) is 29.9. The van der Waals surface area contributed by atoms with Gasteiger partial charge in [0.15, 0.2) is 0 Å². The molecule has 0 fully saturated rings. The van der Waals surface area contributed by atoms with Crippen LogP contribution in [0.5, 0.6) is 11.5 Å². The number of hydrogen-bond acceptors (Lipinski definition) is 4. The number of anilines is 1. The van der Waals surface area contributed by atoms with E-state index in [-0.39, 0.29) is 21.1 Å². The molecule has 0 spiro atoms. The summed E-state index contributed by atoms with van der Waals surface area (Å²) in [5.74, 6) is 2.06. The minimum Gasteiger partial charge on any atom is -0.510 e. The molecule has 0 bridgehead atoms. The Labute approximate surface area is 315 Å². The van der Waals surface area contributed by atoms with Crippen LogP contribution in [0.3, 0.4) is 0 Å². The Hall–Kier alpha value is -5.12. The number of aromatic nitrogens is 2. The van der Waals surface area contributed by atoms with E-state index >= 15 is 0 Å². The summed E-state index contributed by atoms with van der Waals surface area (Å²) in [5, 5.41) is 2.23. The number of rotatable bonds is 6. The molecule has 0 saturated heterocycles. The molecule has 0 aliphatic carbocycles. The van der Waals surface area contributed by atoms with Gasteiger partial charge in [0.25, 0.3) is 0 Å². The molecule has 5 nitrogen and oxygen atoms in total. The van der Waals surface area contributed by atoms with Crippen LogP contribution in [0.2, 0.25) is 0 Å². The molecule has 0 atom stereocenters. The van der Waals surface area contributed by atoms with Crippen LogP contribution >= 0.6 is 0 Å². The molecular formula is C45H39N4OPt-3. The van der Waals surface area contributed by atoms with E-state index < -0.39 is 0 Å². The fraction of sp³-hybridized carbons (Fsp3) is 0.156. The molecule has 6 heteroatoms. The van der Waals surface area contributed by atoms with E-state index in [1.807, 2.05) is 55.4 Å². The van der Waals surface area contributed by atoms with Crippen LogP contribution in [0.25, 0.3) is 49.9 Å². The van der Waals surface area contributed by atoms with Crippen molar-refractivity contribution in [2.75, 3.05) is 11.9 Å². The predicted octanol–water partition coefficient (Wildman–Crippen LogP) is 11.1. The third-order valence-corrected chi connectivity index (χ3v) is 9.56. The van der Waals surface area contributed by atoms with Gasteiger partial charge in [-0.2, -0.15) is 12.7 Å². The van der Waals surface area contributed by atoms with Crippen molar-refractivity contribution < 1.29 is 25.8 Å². The second-order valence-electron chi connectivity index (χ2n) is 13.6. The monoisotopic (exact) mass is 846 g/mol. The number of aryl methyl sites for hydroxylation is 6. The molecule has 0 saturated carbocycles. The topological polar surface area (TPSA) is 33.5 Å². The Balaban J connectivity index is 0.00000406. The minimum atomic E-state index is 0. The van der Waals surface area contributed by atoms with E-state index in [1.54, 1.807) is 0 Å². The van der Waals surface area contributed by atoms with Crippen LogP contribution in [0.4, 0.5) is 5.69 Å². The number of ether oxygens (including phenoxy) is 1. The van der Waals surface area contributed by atoms with E-state index in [4.69, 9.17) is 9.72 Å². The number of nitrogens with zero attached hydrogens (tertiary/aromatic N) is 4. The van der Waals surface area contributed by atoms with Gasteiger partial charge >= 0.3 is 0 Å². The summed E-state index contributed by atoms with van der Waals surface area (Å²) in [7, 11) is 2.02. The first kappa shape index (κ1) is 34.3. The molecule has 7 aromatic rings. The van der Waals surface area contributed by atoms with E-state index in [2.05, 4.69) is 130 Å². The quantitative estimate of drug-likeness (QED) is 0.156. The Morgan fingerprint density at radius 3 is 2.02 bits per heavy atom. The van der Waals surface area contributed by atoms with Gasteiger partial charge in [-0.15, -0.1) is 47.0 Å². The van der Waals surface area contributed by atoms with Gasteiger partial charge in [0, 0.05) is 49.8 Å². The van der Waals surface area contributed by atoms with Crippen LogP contribution in [0.1, 0.15) is 33.4 Å². The maximum absolute atomic E-state index is 6.71. The molecule has 1 aliphatic heterocycles. The minimum absolute atomic E-state index is 0.